The molecule has 1 aromatic carbocycles. The minimum absolute atomic E-state index is 0. The van der Waals surface area contributed by atoms with E-state index in [9.17, 15) is 4.79 Å². The molecule has 0 unspecified atom stereocenters. The predicted octanol–water partition coefficient (Wildman–Crippen LogP) is 2.38. The summed E-state index contributed by atoms with van der Waals surface area (Å²) < 4.78 is 1.73. The number of halogens is 1. The molecule has 0 saturated carbocycles. The lowest BCUT2D eigenvalue weighted by Crippen LogP contribution is -2.13. The van der Waals surface area contributed by atoms with Crippen LogP contribution < -0.4 is 5.36 Å². The molecule has 2 aromatic rings. The average molecular weight is 278 g/mol. The minimum atomic E-state index is -0.130. The Morgan fingerprint density at radius 3 is 2.42 bits per heavy atom. The average Bonchev–Trinajstić information content (AvgIpc) is 2.40. The van der Waals surface area contributed by atoms with Crippen LogP contribution in [0.2, 0.25) is 0 Å². The normalized spacial score (nSPS) is 11.2. The topological polar surface area (TPSA) is 47.2 Å². The Bertz CT molecular complexity index is 585. The fourth-order valence-electron chi connectivity index (χ4n) is 1.41. The van der Waals surface area contributed by atoms with Crippen LogP contribution in [0, 0.1) is 5.92 Å². The molecule has 19 heavy (non-hydrogen) atoms. The van der Waals surface area contributed by atoms with E-state index in [-0.39, 0.29) is 24.2 Å². The van der Waals surface area contributed by atoms with Crippen LogP contribution in [-0.2, 0) is 4.79 Å². The third-order valence-corrected chi connectivity index (χ3v) is 2.45. The molecule has 5 heteroatoms. The second kappa shape index (κ2) is 6.85. The van der Waals surface area contributed by atoms with Crippen LogP contribution in [0.4, 0.5) is 0 Å². The number of rotatable bonds is 2. The van der Waals surface area contributed by atoms with Gasteiger partial charge in [0.05, 0.1) is 17.2 Å². The molecule has 0 radical (unpaired) electrons. The Hall–Kier alpha value is -1.94. The zero-order valence-electron chi connectivity index (χ0n) is 10.9. The highest BCUT2D eigenvalue weighted by Gasteiger charge is 2.03. The van der Waals surface area contributed by atoms with Crippen LogP contribution in [0.5, 0.6) is 0 Å². The second-order valence-electron chi connectivity index (χ2n) is 4.27. The molecule has 0 bridgehead atoms. The van der Waals surface area contributed by atoms with Gasteiger partial charge in [-0.3, -0.25) is 4.79 Å². The van der Waals surface area contributed by atoms with Gasteiger partial charge < -0.3 is 0 Å². The van der Waals surface area contributed by atoms with Crippen molar-refractivity contribution >= 4 is 18.3 Å². The van der Waals surface area contributed by atoms with E-state index in [0.29, 0.717) is 5.36 Å². The highest BCUT2D eigenvalue weighted by atomic mass is 35.5. The van der Waals surface area contributed by atoms with E-state index >= 15 is 0 Å². The SMILES string of the molecule is CC(C)C(=O)N=c1ccn(-c2ccccc2)nc1.Cl. The largest absolute Gasteiger partial charge is 0.272 e. The number of carbonyl (C=O) groups is 1. The molecular weight excluding hydrogens is 262 g/mol. The maximum absolute atomic E-state index is 11.5. The molecule has 0 N–H and O–H groups in total. The van der Waals surface area contributed by atoms with Gasteiger partial charge in [0.2, 0.25) is 5.91 Å². The summed E-state index contributed by atoms with van der Waals surface area (Å²) in [6, 6.07) is 11.6. The Morgan fingerprint density at radius 2 is 1.89 bits per heavy atom. The molecule has 1 heterocycles. The summed E-state index contributed by atoms with van der Waals surface area (Å²) in [6.07, 6.45) is 3.38. The van der Waals surface area contributed by atoms with Crippen LogP contribution in [0.25, 0.3) is 5.69 Å². The van der Waals surface area contributed by atoms with Gasteiger partial charge in [-0.25, -0.2) is 9.67 Å². The van der Waals surface area contributed by atoms with Crippen LogP contribution >= 0.6 is 12.4 Å². The maximum atomic E-state index is 11.5. The summed E-state index contributed by atoms with van der Waals surface area (Å²) in [5.41, 5.74) is 0.972. The Kier molecular flexibility index (Phi) is 5.45. The van der Waals surface area contributed by atoms with Gasteiger partial charge in [-0.15, -0.1) is 12.4 Å². The number of hydrogen-bond acceptors (Lipinski definition) is 2. The number of benzene rings is 1. The van der Waals surface area contributed by atoms with E-state index in [1.807, 2.05) is 44.2 Å². The third kappa shape index (κ3) is 4.03. The van der Waals surface area contributed by atoms with Crippen molar-refractivity contribution in [1.29, 1.82) is 0 Å². The standard InChI is InChI=1S/C14H15N3O.ClH/c1-11(2)14(18)16-12-8-9-17(15-10-12)13-6-4-3-5-7-13;/h3-11H,1-2H3;1H. The number of para-hydroxylation sites is 1. The Balaban J connectivity index is 0.00000180. The van der Waals surface area contributed by atoms with Gasteiger partial charge >= 0.3 is 0 Å². The van der Waals surface area contributed by atoms with Gasteiger partial charge in [0.1, 0.15) is 0 Å². The molecular formula is C14H16ClN3O. The molecule has 0 aliphatic rings. The number of amides is 1. The zero-order valence-corrected chi connectivity index (χ0v) is 11.7. The van der Waals surface area contributed by atoms with Gasteiger partial charge in [0.15, 0.2) is 0 Å². The summed E-state index contributed by atoms with van der Waals surface area (Å²) in [5, 5.41) is 4.82. The van der Waals surface area contributed by atoms with E-state index in [2.05, 4.69) is 10.1 Å². The lowest BCUT2D eigenvalue weighted by molar-refractivity contribution is -0.120. The fourth-order valence-corrected chi connectivity index (χ4v) is 1.41. The van der Waals surface area contributed by atoms with Crippen molar-refractivity contribution in [2.45, 2.75) is 13.8 Å². The van der Waals surface area contributed by atoms with E-state index in [1.54, 1.807) is 23.1 Å². The first-order valence-corrected chi connectivity index (χ1v) is 5.86. The zero-order chi connectivity index (χ0) is 13.0. The Morgan fingerprint density at radius 1 is 1.21 bits per heavy atom. The van der Waals surface area contributed by atoms with Crippen molar-refractivity contribution in [3.8, 4) is 5.69 Å². The van der Waals surface area contributed by atoms with Crippen molar-refractivity contribution in [3.05, 3.63) is 54.1 Å². The molecule has 0 aliphatic heterocycles. The number of aromatic nitrogens is 2. The molecule has 4 nitrogen and oxygen atoms in total. The van der Waals surface area contributed by atoms with E-state index in [4.69, 9.17) is 0 Å². The van der Waals surface area contributed by atoms with Crippen LogP contribution in [0.3, 0.4) is 0 Å². The predicted molar refractivity (Wildman–Crippen MR) is 76.2 cm³/mol. The summed E-state index contributed by atoms with van der Waals surface area (Å²) in [4.78, 5) is 15.4. The monoisotopic (exact) mass is 277 g/mol. The van der Waals surface area contributed by atoms with Crippen molar-refractivity contribution in [1.82, 2.24) is 9.78 Å². The van der Waals surface area contributed by atoms with Crippen molar-refractivity contribution in [2.24, 2.45) is 10.9 Å². The molecule has 1 amide bonds. The van der Waals surface area contributed by atoms with Crippen molar-refractivity contribution in [3.63, 3.8) is 0 Å². The minimum Gasteiger partial charge on any atom is -0.272 e. The maximum Gasteiger partial charge on any atom is 0.248 e. The number of nitrogens with zero attached hydrogens (tertiary/aromatic N) is 3. The smallest absolute Gasteiger partial charge is 0.248 e. The second-order valence-corrected chi connectivity index (χ2v) is 4.27. The highest BCUT2D eigenvalue weighted by Crippen LogP contribution is 2.02. The van der Waals surface area contributed by atoms with Crippen LogP contribution in [0.1, 0.15) is 13.8 Å². The van der Waals surface area contributed by atoms with Gasteiger partial charge in [0.25, 0.3) is 0 Å². The van der Waals surface area contributed by atoms with Gasteiger partial charge in [-0.1, -0.05) is 32.0 Å². The molecule has 100 valence electrons. The molecule has 0 aliphatic carbocycles. The lowest BCUT2D eigenvalue weighted by atomic mass is 10.2. The fraction of sp³-hybridized carbons (Fsp3) is 0.214. The van der Waals surface area contributed by atoms with E-state index in [0.717, 1.165) is 5.69 Å². The number of hydrogen-bond donors (Lipinski definition) is 0. The molecule has 0 fully saturated rings. The van der Waals surface area contributed by atoms with Crippen LogP contribution in [0.15, 0.2) is 53.8 Å². The van der Waals surface area contributed by atoms with Crippen LogP contribution in [-0.4, -0.2) is 15.7 Å². The molecule has 2 rings (SSSR count). The lowest BCUT2D eigenvalue weighted by Gasteiger charge is -2.03. The molecule has 0 spiro atoms. The quantitative estimate of drug-likeness (QED) is 0.846. The summed E-state index contributed by atoms with van der Waals surface area (Å²) >= 11 is 0. The molecule has 1 aromatic heterocycles. The number of carbonyl (C=O) groups excluding carboxylic acids is 1. The Labute approximate surface area is 118 Å². The van der Waals surface area contributed by atoms with Gasteiger partial charge in [-0.05, 0) is 18.2 Å². The third-order valence-electron chi connectivity index (χ3n) is 2.45. The first-order chi connectivity index (χ1) is 8.66. The summed E-state index contributed by atoms with van der Waals surface area (Å²) in [5.74, 6) is -0.222. The molecule has 0 saturated heterocycles. The highest BCUT2D eigenvalue weighted by molar-refractivity contribution is 5.85. The van der Waals surface area contributed by atoms with Gasteiger partial charge in [-0.2, -0.15) is 5.10 Å². The molecule has 0 atom stereocenters. The summed E-state index contributed by atoms with van der Waals surface area (Å²) in [6.45, 7) is 3.65. The van der Waals surface area contributed by atoms with E-state index in [1.165, 1.54) is 0 Å². The van der Waals surface area contributed by atoms with Crippen molar-refractivity contribution in [2.75, 3.05) is 0 Å². The first kappa shape index (κ1) is 15.1. The first-order valence-electron chi connectivity index (χ1n) is 5.86. The summed E-state index contributed by atoms with van der Waals surface area (Å²) in [7, 11) is 0. The van der Waals surface area contributed by atoms with E-state index < -0.39 is 0 Å². The van der Waals surface area contributed by atoms with Gasteiger partial charge in [0, 0.05) is 12.1 Å². The van der Waals surface area contributed by atoms with Crippen molar-refractivity contribution < 1.29 is 4.79 Å².